The number of carbonyl (C=O) groups excluding carboxylic acids is 1. The van der Waals surface area contributed by atoms with Gasteiger partial charge in [0.2, 0.25) is 0 Å². The third kappa shape index (κ3) is 6.93. The number of hydrogen-bond acceptors (Lipinski definition) is 7. The van der Waals surface area contributed by atoms with E-state index in [1.165, 1.54) is 24.1 Å². The van der Waals surface area contributed by atoms with Crippen LogP contribution < -0.4 is 21.1 Å². The lowest BCUT2D eigenvalue weighted by Gasteiger charge is -2.36. The van der Waals surface area contributed by atoms with E-state index in [0.29, 0.717) is 37.3 Å². The molecule has 0 spiro atoms. The number of hydrazine groups is 1. The van der Waals surface area contributed by atoms with E-state index in [1.54, 1.807) is 0 Å². The van der Waals surface area contributed by atoms with E-state index in [1.807, 2.05) is 30.3 Å². The molecule has 2 aliphatic heterocycles. The van der Waals surface area contributed by atoms with Gasteiger partial charge in [0.1, 0.15) is 0 Å². The number of carbonyl (C=O) groups is 1. The highest BCUT2D eigenvalue weighted by Gasteiger charge is 2.41. The zero-order valence-corrected chi connectivity index (χ0v) is 22.8. The van der Waals surface area contributed by atoms with Crippen molar-refractivity contribution in [2.75, 3.05) is 45.3 Å². The number of nitrogens with zero attached hydrogens (tertiary/aromatic N) is 2. The molecular formula is C30H43N5O3. The predicted molar refractivity (Wildman–Crippen MR) is 150 cm³/mol. The van der Waals surface area contributed by atoms with E-state index >= 15 is 0 Å². The molecule has 5 rings (SSSR count). The fourth-order valence-electron chi connectivity index (χ4n) is 6.02. The molecule has 8 nitrogen and oxygen atoms in total. The van der Waals surface area contributed by atoms with Crippen molar-refractivity contribution in [3.05, 3.63) is 65.7 Å². The smallest absolute Gasteiger partial charge is 0.252 e. The zero-order valence-electron chi connectivity index (χ0n) is 22.8. The maximum atomic E-state index is 13.0. The first-order chi connectivity index (χ1) is 18.6. The maximum Gasteiger partial charge on any atom is 0.252 e. The third-order valence-electron chi connectivity index (χ3n) is 8.46. The summed E-state index contributed by atoms with van der Waals surface area (Å²) in [4.78, 5) is 17.8. The van der Waals surface area contributed by atoms with Crippen molar-refractivity contribution in [1.82, 2.24) is 21.1 Å². The Morgan fingerprint density at radius 2 is 1.76 bits per heavy atom. The Labute approximate surface area is 227 Å². The van der Waals surface area contributed by atoms with Crippen LogP contribution in [-0.4, -0.2) is 75.6 Å². The number of anilines is 1. The lowest BCUT2D eigenvalue weighted by Crippen LogP contribution is -2.47. The Hall–Kier alpha value is -2.49. The molecule has 1 amide bonds. The molecule has 0 radical (unpaired) electrons. The molecule has 38 heavy (non-hydrogen) atoms. The highest BCUT2D eigenvalue weighted by atomic mass is 16.5. The normalized spacial score (nSPS) is 26.2. The molecule has 2 heterocycles. The molecule has 0 aromatic heterocycles. The van der Waals surface area contributed by atoms with Gasteiger partial charge in [0, 0.05) is 36.3 Å². The minimum atomic E-state index is -0.0794. The summed E-state index contributed by atoms with van der Waals surface area (Å²) >= 11 is 0. The van der Waals surface area contributed by atoms with Crippen LogP contribution in [0.15, 0.2) is 54.6 Å². The van der Waals surface area contributed by atoms with Gasteiger partial charge in [-0.15, -0.1) is 0 Å². The second-order valence-electron chi connectivity index (χ2n) is 11.0. The average molecular weight is 522 g/mol. The van der Waals surface area contributed by atoms with Crippen LogP contribution in [0.1, 0.15) is 48.0 Å². The molecule has 2 aromatic rings. The molecule has 3 fully saturated rings. The van der Waals surface area contributed by atoms with E-state index in [4.69, 9.17) is 9.47 Å². The van der Waals surface area contributed by atoms with Crippen LogP contribution in [0.25, 0.3) is 0 Å². The lowest BCUT2D eigenvalue weighted by atomic mass is 9.82. The first kappa shape index (κ1) is 27.1. The second kappa shape index (κ2) is 13.0. The molecule has 2 saturated heterocycles. The van der Waals surface area contributed by atoms with Crippen molar-refractivity contribution in [3.63, 3.8) is 0 Å². The molecule has 4 unspecified atom stereocenters. The van der Waals surface area contributed by atoms with Gasteiger partial charge in [-0.05, 0) is 82.1 Å². The van der Waals surface area contributed by atoms with Gasteiger partial charge in [0.15, 0.2) is 0 Å². The number of fused-ring (bicyclic) bond motifs is 1. The van der Waals surface area contributed by atoms with Crippen molar-refractivity contribution in [2.24, 2.45) is 5.92 Å². The number of benzene rings is 2. The number of piperidine rings is 1. The zero-order chi connectivity index (χ0) is 26.3. The first-order valence-corrected chi connectivity index (χ1v) is 14.1. The Balaban J connectivity index is 1.03. The van der Waals surface area contributed by atoms with Gasteiger partial charge in [-0.25, -0.2) is 5.43 Å². The van der Waals surface area contributed by atoms with Gasteiger partial charge in [-0.1, -0.05) is 30.3 Å². The van der Waals surface area contributed by atoms with Crippen molar-refractivity contribution < 1.29 is 14.3 Å². The van der Waals surface area contributed by atoms with Crippen LogP contribution in [0.4, 0.5) is 5.69 Å². The van der Waals surface area contributed by atoms with Crippen molar-refractivity contribution in [2.45, 2.75) is 63.1 Å². The van der Waals surface area contributed by atoms with E-state index in [-0.39, 0.29) is 24.2 Å². The standard InChI is InChI=1S/C30H43N5O3/c1-34-16-14-25(15-17-34)35(2)24-10-8-23(9-11-24)30(36)31-29-27-13-12-26(20-28(27)32-33-29)38-19-18-37-21-22-6-4-3-5-7-22/h3-11,25-29,32-33H,12-21H2,1-2H3,(H,31,36). The Morgan fingerprint density at radius 3 is 2.53 bits per heavy atom. The number of amides is 1. The molecular weight excluding hydrogens is 478 g/mol. The molecule has 8 heteroatoms. The molecule has 3 N–H and O–H groups in total. The largest absolute Gasteiger partial charge is 0.376 e. The van der Waals surface area contributed by atoms with Crippen LogP contribution in [0.2, 0.25) is 0 Å². The molecule has 4 atom stereocenters. The Morgan fingerprint density at radius 1 is 1.00 bits per heavy atom. The van der Waals surface area contributed by atoms with Gasteiger partial charge < -0.3 is 24.6 Å². The summed E-state index contributed by atoms with van der Waals surface area (Å²) in [5.41, 5.74) is 9.76. The maximum absolute atomic E-state index is 13.0. The lowest BCUT2D eigenvalue weighted by molar-refractivity contribution is -0.0239. The number of nitrogens with one attached hydrogen (secondary N) is 3. The fraction of sp³-hybridized carbons (Fsp3) is 0.567. The summed E-state index contributed by atoms with van der Waals surface area (Å²) in [5, 5.41) is 3.21. The second-order valence-corrected chi connectivity index (χ2v) is 11.0. The first-order valence-electron chi connectivity index (χ1n) is 14.1. The number of likely N-dealkylation sites (tertiary alicyclic amines) is 1. The third-order valence-corrected chi connectivity index (χ3v) is 8.46. The number of hydrogen-bond donors (Lipinski definition) is 3. The monoisotopic (exact) mass is 521 g/mol. The van der Waals surface area contributed by atoms with Gasteiger partial charge in [-0.2, -0.15) is 0 Å². The van der Waals surface area contributed by atoms with Crippen LogP contribution in [0.3, 0.4) is 0 Å². The molecule has 1 saturated carbocycles. The summed E-state index contributed by atoms with van der Waals surface area (Å²) in [6.45, 7) is 4.08. The summed E-state index contributed by atoms with van der Waals surface area (Å²) in [6.07, 6.45) is 5.41. The van der Waals surface area contributed by atoms with Gasteiger partial charge >= 0.3 is 0 Å². The minimum Gasteiger partial charge on any atom is -0.376 e. The highest BCUT2D eigenvalue weighted by molar-refractivity contribution is 5.94. The number of ether oxygens (including phenoxy) is 2. The van der Waals surface area contributed by atoms with Crippen LogP contribution in [-0.2, 0) is 16.1 Å². The Bertz CT molecular complexity index is 1010. The predicted octanol–water partition coefficient (Wildman–Crippen LogP) is 3.15. The molecule has 3 aliphatic rings. The van der Waals surface area contributed by atoms with Gasteiger partial charge in [0.05, 0.1) is 32.1 Å². The minimum absolute atomic E-state index is 0.0348. The summed E-state index contributed by atoms with van der Waals surface area (Å²) in [6, 6.07) is 19.1. The van der Waals surface area contributed by atoms with E-state index in [0.717, 1.165) is 32.4 Å². The van der Waals surface area contributed by atoms with Crippen molar-refractivity contribution in [1.29, 1.82) is 0 Å². The fourth-order valence-corrected chi connectivity index (χ4v) is 6.02. The number of rotatable bonds is 10. The summed E-state index contributed by atoms with van der Waals surface area (Å²) in [5.74, 6) is 0.315. The summed E-state index contributed by atoms with van der Waals surface area (Å²) in [7, 11) is 4.35. The van der Waals surface area contributed by atoms with Crippen molar-refractivity contribution in [3.8, 4) is 0 Å². The summed E-state index contributed by atoms with van der Waals surface area (Å²) < 4.78 is 11.9. The van der Waals surface area contributed by atoms with Gasteiger partial charge in [0.25, 0.3) is 5.91 Å². The molecule has 1 aliphatic carbocycles. The molecule has 206 valence electrons. The van der Waals surface area contributed by atoms with E-state index in [9.17, 15) is 4.79 Å². The van der Waals surface area contributed by atoms with Gasteiger partial charge in [-0.3, -0.25) is 10.2 Å². The van der Waals surface area contributed by atoms with E-state index in [2.05, 4.69) is 64.3 Å². The van der Waals surface area contributed by atoms with Crippen LogP contribution in [0.5, 0.6) is 0 Å². The molecule has 0 bridgehead atoms. The van der Waals surface area contributed by atoms with Crippen molar-refractivity contribution >= 4 is 11.6 Å². The highest BCUT2D eigenvalue weighted by Crippen LogP contribution is 2.31. The Kier molecular flexibility index (Phi) is 9.30. The SMILES string of the molecule is CN1CCC(N(C)c2ccc(C(=O)NC3NNC4CC(OCCOCc5ccccc5)CCC43)cc2)CC1. The topological polar surface area (TPSA) is 78.1 Å². The molecule has 2 aromatic carbocycles. The van der Waals surface area contributed by atoms with Crippen LogP contribution >= 0.6 is 0 Å². The van der Waals surface area contributed by atoms with Crippen LogP contribution in [0, 0.1) is 5.92 Å². The average Bonchev–Trinajstić information content (AvgIpc) is 3.35. The quantitative estimate of drug-likeness (QED) is 0.415. The van der Waals surface area contributed by atoms with E-state index < -0.39 is 0 Å².